The van der Waals surface area contributed by atoms with Crippen LogP contribution < -0.4 is 16.2 Å². The number of nitrogens with zero attached hydrogens (tertiary/aromatic N) is 3. The summed E-state index contributed by atoms with van der Waals surface area (Å²) in [6.45, 7) is 4.12. The molecule has 0 unspecified atom stereocenters. The lowest BCUT2D eigenvalue weighted by molar-refractivity contribution is -0.122. The highest BCUT2D eigenvalue weighted by Gasteiger charge is 2.15. The van der Waals surface area contributed by atoms with Crippen LogP contribution >= 0.6 is 0 Å². The summed E-state index contributed by atoms with van der Waals surface area (Å²) < 4.78 is 19.0. The number of rotatable bonds is 6. The zero-order valence-corrected chi connectivity index (χ0v) is 15.0. The number of nitrogens with one attached hydrogen (secondary N) is 1. The van der Waals surface area contributed by atoms with Gasteiger partial charge in [0, 0.05) is 12.1 Å². The van der Waals surface area contributed by atoms with Crippen LogP contribution in [-0.2, 0) is 11.3 Å². The molecule has 0 aliphatic rings. The quantitative estimate of drug-likeness (QED) is 0.675. The summed E-state index contributed by atoms with van der Waals surface area (Å²) in [4.78, 5) is 24.3. The van der Waals surface area contributed by atoms with E-state index < -0.39 is 17.5 Å². The van der Waals surface area contributed by atoms with Gasteiger partial charge in [-0.3, -0.25) is 15.2 Å². The highest BCUT2D eigenvalue weighted by atomic mass is 19.1. The summed E-state index contributed by atoms with van der Waals surface area (Å²) in [5.41, 5.74) is 5.13. The van der Waals surface area contributed by atoms with Crippen LogP contribution in [0.3, 0.4) is 0 Å². The van der Waals surface area contributed by atoms with Gasteiger partial charge < -0.3 is 4.42 Å². The van der Waals surface area contributed by atoms with Crippen LogP contribution in [0.25, 0.3) is 11.5 Å². The second kappa shape index (κ2) is 7.86. The number of halogens is 1. The summed E-state index contributed by atoms with van der Waals surface area (Å²) in [5, 5.41) is 5.68. The van der Waals surface area contributed by atoms with Crippen LogP contribution in [0.2, 0.25) is 0 Å². The van der Waals surface area contributed by atoms with Crippen LogP contribution in [0.5, 0.6) is 0 Å². The molecule has 27 heavy (non-hydrogen) atoms. The molecular formula is C19H19FN4O3. The van der Waals surface area contributed by atoms with E-state index in [9.17, 15) is 14.0 Å². The molecule has 7 nitrogen and oxygen atoms in total. The second-order valence-corrected chi connectivity index (χ2v) is 5.95. The molecule has 1 heterocycles. The molecule has 0 radical (unpaired) electrons. The Kier molecular flexibility index (Phi) is 5.35. The second-order valence-electron chi connectivity index (χ2n) is 5.95. The molecule has 0 saturated carbocycles. The fourth-order valence-corrected chi connectivity index (χ4v) is 2.49. The topological polar surface area (TPSA) is 80.4 Å². The standard InChI is InChI=1S/C19H19FN4O3/c1-3-23(16-10-4-13(2)5-11-16)21-17(25)12-24-19(26)27-18(22-24)14-6-8-15(20)9-7-14/h4-11H,3,12H2,1-2H3,(H,21,25). The number of aryl methyl sites for hydroxylation is 1. The van der Waals surface area contributed by atoms with Gasteiger partial charge >= 0.3 is 5.76 Å². The molecule has 0 fully saturated rings. The average Bonchev–Trinajstić information content (AvgIpc) is 3.01. The monoisotopic (exact) mass is 370 g/mol. The first-order valence-electron chi connectivity index (χ1n) is 8.44. The smallest absolute Gasteiger partial charge is 0.388 e. The van der Waals surface area contributed by atoms with Crippen molar-refractivity contribution >= 4 is 11.6 Å². The Morgan fingerprint density at radius 3 is 2.48 bits per heavy atom. The first kappa shape index (κ1) is 18.4. The predicted octanol–water partition coefficient (Wildman–Crippen LogP) is 2.51. The van der Waals surface area contributed by atoms with Gasteiger partial charge in [0.05, 0.1) is 5.69 Å². The Balaban J connectivity index is 1.71. The fraction of sp³-hybridized carbons (Fsp3) is 0.211. The van der Waals surface area contributed by atoms with E-state index in [2.05, 4.69) is 10.5 Å². The third kappa shape index (κ3) is 4.41. The van der Waals surface area contributed by atoms with Crippen molar-refractivity contribution in [3.05, 3.63) is 70.5 Å². The van der Waals surface area contributed by atoms with Crippen molar-refractivity contribution in [2.24, 2.45) is 0 Å². The number of carbonyl (C=O) groups is 1. The number of aromatic nitrogens is 2. The SMILES string of the molecule is CCN(NC(=O)Cn1nc(-c2ccc(F)cc2)oc1=O)c1ccc(C)cc1. The van der Waals surface area contributed by atoms with E-state index in [0.29, 0.717) is 12.1 Å². The molecule has 0 aliphatic heterocycles. The lowest BCUT2D eigenvalue weighted by Crippen LogP contribution is -2.44. The number of hydrogen-bond acceptors (Lipinski definition) is 5. The van der Waals surface area contributed by atoms with Gasteiger partial charge in [-0.05, 0) is 50.2 Å². The highest BCUT2D eigenvalue weighted by molar-refractivity contribution is 5.77. The van der Waals surface area contributed by atoms with E-state index in [1.807, 2.05) is 38.1 Å². The van der Waals surface area contributed by atoms with Gasteiger partial charge in [-0.2, -0.15) is 4.68 Å². The van der Waals surface area contributed by atoms with Crippen molar-refractivity contribution in [2.75, 3.05) is 11.6 Å². The van der Waals surface area contributed by atoms with Crippen LogP contribution in [-0.4, -0.2) is 22.2 Å². The van der Waals surface area contributed by atoms with Gasteiger partial charge in [-0.25, -0.2) is 9.18 Å². The fourth-order valence-electron chi connectivity index (χ4n) is 2.49. The summed E-state index contributed by atoms with van der Waals surface area (Å²) in [5.74, 6) is -1.56. The Bertz CT molecular complexity index is 977. The molecule has 1 N–H and O–H groups in total. The molecular weight excluding hydrogens is 351 g/mol. The minimum atomic E-state index is -0.761. The van der Waals surface area contributed by atoms with E-state index in [-0.39, 0.29) is 12.4 Å². The minimum absolute atomic E-state index is 0.0266. The third-order valence-corrected chi connectivity index (χ3v) is 3.91. The van der Waals surface area contributed by atoms with Gasteiger partial charge in [0.1, 0.15) is 12.4 Å². The molecule has 1 amide bonds. The van der Waals surface area contributed by atoms with E-state index >= 15 is 0 Å². The zero-order chi connectivity index (χ0) is 19.4. The highest BCUT2D eigenvalue weighted by Crippen LogP contribution is 2.16. The lowest BCUT2D eigenvalue weighted by Gasteiger charge is -2.23. The lowest BCUT2D eigenvalue weighted by atomic mass is 10.2. The molecule has 3 rings (SSSR count). The average molecular weight is 370 g/mol. The number of anilines is 1. The Hall–Kier alpha value is -3.42. The van der Waals surface area contributed by atoms with Crippen molar-refractivity contribution in [3.8, 4) is 11.5 Å². The first-order valence-corrected chi connectivity index (χ1v) is 8.44. The first-order chi connectivity index (χ1) is 13.0. The maximum Gasteiger partial charge on any atom is 0.437 e. The molecule has 0 atom stereocenters. The van der Waals surface area contributed by atoms with Crippen molar-refractivity contribution < 1.29 is 13.6 Å². The van der Waals surface area contributed by atoms with Crippen molar-refractivity contribution in [1.82, 2.24) is 15.2 Å². The van der Waals surface area contributed by atoms with Crippen molar-refractivity contribution in [2.45, 2.75) is 20.4 Å². The van der Waals surface area contributed by atoms with Crippen LogP contribution in [0.1, 0.15) is 12.5 Å². The molecule has 8 heteroatoms. The van der Waals surface area contributed by atoms with Gasteiger partial charge in [0.15, 0.2) is 0 Å². The summed E-state index contributed by atoms with van der Waals surface area (Å²) in [6.07, 6.45) is 0. The van der Waals surface area contributed by atoms with Crippen LogP contribution in [0, 0.1) is 12.7 Å². The van der Waals surface area contributed by atoms with Gasteiger partial charge in [0.2, 0.25) is 5.89 Å². The van der Waals surface area contributed by atoms with Gasteiger partial charge in [-0.15, -0.1) is 5.10 Å². The molecule has 0 aliphatic carbocycles. The minimum Gasteiger partial charge on any atom is -0.388 e. The summed E-state index contributed by atoms with van der Waals surface area (Å²) in [6, 6.07) is 13.1. The van der Waals surface area contributed by atoms with Crippen LogP contribution in [0.4, 0.5) is 10.1 Å². The third-order valence-electron chi connectivity index (χ3n) is 3.91. The normalized spacial score (nSPS) is 10.6. The molecule has 1 aromatic heterocycles. The van der Waals surface area contributed by atoms with E-state index in [4.69, 9.17) is 4.42 Å². The molecule has 140 valence electrons. The van der Waals surface area contributed by atoms with Crippen molar-refractivity contribution in [3.63, 3.8) is 0 Å². The maximum atomic E-state index is 13.0. The number of amides is 1. The van der Waals surface area contributed by atoms with Crippen LogP contribution in [0.15, 0.2) is 57.7 Å². The van der Waals surface area contributed by atoms with Gasteiger partial charge in [0.25, 0.3) is 5.91 Å². The Labute approximate surface area is 155 Å². The molecule has 0 spiro atoms. The van der Waals surface area contributed by atoms with E-state index in [1.54, 1.807) is 5.01 Å². The number of benzene rings is 2. The largest absolute Gasteiger partial charge is 0.437 e. The summed E-state index contributed by atoms with van der Waals surface area (Å²) in [7, 11) is 0. The van der Waals surface area contributed by atoms with E-state index in [1.165, 1.54) is 24.3 Å². The number of hydrogen-bond donors (Lipinski definition) is 1. The van der Waals surface area contributed by atoms with Crippen molar-refractivity contribution in [1.29, 1.82) is 0 Å². The zero-order valence-electron chi connectivity index (χ0n) is 15.0. The molecule has 3 aromatic rings. The maximum absolute atomic E-state index is 13.0. The number of hydrazine groups is 1. The molecule has 2 aromatic carbocycles. The molecule has 0 saturated heterocycles. The predicted molar refractivity (Wildman–Crippen MR) is 98.5 cm³/mol. The Morgan fingerprint density at radius 1 is 1.19 bits per heavy atom. The van der Waals surface area contributed by atoms with Gasteiger partial charge in [-0.1, -0.05) is 17.7 Å². The summed E-state index contributed by atoms with van der Waals surface area (Å²) >= 11 is 0. The number of carbonyl (C=O) groups excluding carboxylic acids is 1. The molecule has 0 bridgehead atoms. The Morgan fingerprint density at radius 2 is 1.85 bits per heavy atom. The van der Waals surface area contributed by atoms with E-state index in [0.717, 1.165) is 15.9 Å².